The average Bonchev–Trinajstić information content (AvgIpc) is 2.12. The molecule has 2 amide bonds. The van der Waals surface area contributed by atoms with E-state index in [1.165, 1.54) is 11.8 Å². The highest BCUT2D eigenvalue weighted by molar-refractivity contribution is 5.82. The number of rotatable bonds is 5. The molecule has 0 aliphatic heterocycles. The van der Waals surface area contributed by atoms with E-state index in [1.807, 2.05) is 13.8 Å². The third kappa shape index (κ3) is 4.49. The number of carbonyl (C=O) groups excluding carboxylic acids is 1. The predicted octanol–water partition coefficient (Wildman–Crippen LogP) is 1.07. The Bertz CT molecular complexity index is 251. The molecule has 1 atom stereocenters. The summed E-state index contributed by atoms with van der Waals surface area (Å²) in [5.41, 5.74) is 0. The lowest BCUT2D eigenvalue weighted by molar-refractivity contribution is -0.138. The van der Waals surface area contributed by atoms with Crippen molar-refractivity contribution in [2.45, 2.75) is 32.9 Å². The number of hydrogen-bond acceptors (Lipinski definition) is 2. The van der Waals surface area contributed by atoms with Crippen molar-refractivity contribution in [3.05, 3.63) is 12.7 Å². The van der Waals surface area contributed by atoms with E-state index in [0.717, 1.165) is 0 Å². The first-order valence-electron chi connectivity index (χ1n) is 4.81. The van der Waals surface area contributed by atoms with Gasteiger partial charge in [-0.05, 0) is 20.8 Å². The predicted molar refractivity (Wildman–Crippen MR) is 57.7 cm³/mol. The molecule has 0 bridgehead atoms. The molecular weight excluding hydrogens is 196 g/mol. The Balaban J connectivity index is 4.38. The first-order chi connectivity index (χ1) is 6.90. The van der Waals surface area contributed by atoms with E-state index in [-0.39, 0.29) is 12.1 Å². The molecule has 0 aliphatic rings. The highest BCUT2D eigenvalue weighted by Gasteiger charge is 2.20. The van der Waals surface area contributed by atoms with Gasteiger partial charge in [0.25, 0.3) is 0 Å². The number of urea groups is 1. The van der Waals surface area contributed by atoms with Gasteiger partial charge in [0, 0.05) is 12.6 Å². The Labute approximate surface area is 89.8 Å². The van der Waals surface area contributed by atoms with E-state index < -0.39 is 12.0 Å². The van der Waals surface area contributed by atoms with Crippen LogP contribution in [0.1, 0.15) is 20.8 Å². The maximum absolute atomic E-state index is 11.6. The molecule has 0 fully saturated rings. The molecule has 15 heavy (non-hydrogen) atoms. The zero-order valence-electron chi connectivity index (χ0n) is 9.36. The molecule has 5 heteroatoms. The molecule has 0 spiro atoms. The number of nitrogens with one attached hydrogen (secondary N) is 1. The summed E-state index contributed by atoms with van der Waals surface area (Å²) in [6.07, 6.45) is 1.60. The van der Waals surface area contributed by atoms with E-state index in [1.54, 1.807) is 6.08 Å². The van der Waals surface area contributed by atoms with Crippen molar-refractivity contribution in [1.82, 2.24) is 10.2 Å². The smallest absolute Gasteiger partial charge is 0.325 e. The Kier molecular flexibility index (Phi) is 5.44. The molecule has 0 aromatic rings. The second kappa shape index (κ2) is 6.06. The summed E-state index contributed by atoms with van der Waals surface area (Å²) in [6, 6.07) is -1.27. The summed E-state index contributed by atoms with van der Waals surface area (Å²) in [5.74, 6) is -1.05. The summed E-state index contributed by atoms with van der Waals surface area (Å²) < 4.78 is 0. The fourth-order valence-corrected chi connectivity index (χ4v) is 0.997. The van der Waals surface area contributed by atoms with Crippen LogP contribution in [0, 0.1) is 0 Å². The molecule has 0 aromatic carbocycles. The van der Waals surface area contributed by atoms with Crippen LogP contribution in [0.15, 0.2) is 12.7 Å². The van der Waals surface area contributed by atoms with Gasteiger partial charge in [0.2, 0.25) is 0 Å². The van der Waals surface area contributed by atoms with Gasteiger partial charge in [-0.2, -0.15) is 0 Å². The van der Waals surface area contributed by atoms with Crippen LogP contribution in [0.3, 0.4) is 0 Å². The highest BCUT2D eigenvalue weighted by Crippen LogP contribution is 1.99. The minimum Gasteiger partial charge on any atom is -0.480 e. The number of aliphatic carboxylic acids is 1. The number of carboxylic acids is 1. The molecule has 0 unspecified atom stereocenters. The Hall–Kier alpha value is -1.52. The molecule has 5 nitrogen and oxygen atoms in total. The standard InChI is InChI=1S/C10H18N2O3/c1-5-6-12(7(2)3)10(15)11-8(4)9(13)14/h5,7-8H,1,6H2,2-4H3,(H,11,15)(H,13,14)/t8-/m0/s1. The molecular formula is C10H18N2O3. The lowest BCUT2D eigenvalue weighted by Gasteiger charge is -2.26. The zero-order valence-corrected chi connectivity index (χ0v) is 9.36. The largest absolute Gasteiger partial charge is 0.480 e. The molecule has 0 rings (SSSR count). The fourth-order valence-electron chi connectivity index (χ4n) is 0.997. The van der Waals surface area contributed by atoms with Gasteiger partial charge in [0.05, 0.1) is 0 Å². The first-order valence-corrected chi connectivity index (χ1v) is 4.81. The van der Waals surface area contributed by atoms with Gasteiger partial charge in [-0.3, -0.25) is 4.79 Å². The molecule has 0 aliphatic carbocycles. The first kappa shape index (κ1) is 13.5. The number of amides is 2. The third-order valence-electron chi connectivity index (χ3n) is 1.92. The Morgan fingerprint density at radius 3 is 2.33 bits per heavy atom. The van der Waals surface area contributed by atoms with Crippen LogP contribution in [0.5, 0.6) is 0 Å². The van der Waals surface area contributed by atoms with Gasteiger partial charge in [-0.1, -0.05) is 6.08 Å². The highest BCUT2D eigenvalue weighted by atomic mass is 16.4. The van der Waals surface area contributed by atoms with Crippen LogP contribution in [-0.2, 0) is 4.79 Å². The maximum atomic E-state index is 11.6. The van der Waals surface area contributed by atoms with Gasteiger partial charge >= 0.3 is 12.0 Å². The summed E-state index contributed by atoms with van der Waals surface area (Å²) >= 11 is 0. The summed E-state index contributed by atoms with van der Waals surface area (Å²) in [7, 11) is 0. The van der Waals surface area contributed by atoms with Crippen LogP contribution in [0.2, 0.25) is 0 Å². The number of nitrogens with zero attached hydrogens (tertiary/aromatic N) is 1. The van der Waals surface area contributed by atoms with Crippen molar-refractivity contribution in [3.8, 4) is 0 Å². The molecule has 0 saturated carbocycles. The van der Waals surface area contributed by atoms with Crippen molar-refractivity contribution < 1.29 is 14.7 Å². The Morgan fingerprint density at radius 1 is 1.47 bits per heavy atom. The van der Waals surface area contributed by atoms with Crippen molar-refractivity contribution in [2.24, 2.45) is 0 Å². The van der Waals surface area contributed by atoms with Gasteiger partial charge in [0.1, 0.15) is 6.04 Å². The van der Waals surface area contributed by atoms with Gasteiger partial charge in [0.15, 0.2) is 0 Å². The summed E-state index contributed by atoms with van der Waals surface area (Å²) in [6.45, 7) is 9.07. The van der Waals surface area contributed by atoms with E-state index in [0.29, 0.717) is 6.54 Å². The molecule has 0 saturated heterocycles. The molecule has 0 radical (unpaired) electrons. The monoisotopic (exact) mass is 214 g/mol. The lowest BCUT2D eigenvalue weighted by Crippen LogP contribution is -2.49. The van der Waals surface area contributed by atoms with E-state index in [4.69, 9.17) is 5.11 Å². The van der Waals surface area contributed by atoms with Crippen molar-refractivity contribution >= 4 is 12.0 Å². The minimum atomic E-state index is -1.05. The van der Waals surface area contributed by atoms with Crippen molar-refractivity contribution in [3.63, 3.8) is 0 Å². The molecule has 0 heterocycles. The van der Waals surface area contributed by atoms with E-state index in [9.17, 15) is 9.59 Å². The maximum Gasteiger partial charge on any atom is 0.325 e. The minimum absolute atomic E-state index is 0.00370. The second-order valence-electron chi connectivity index (χ2n) is 3.54. The third-order valence-corrected chi connectivity index (χ3v) is 1.92. The zero-order chi connectivity index (χ0) is 12.0. The SMILES string of the molecule is C=CCN(C(=O)N[C@@H](C)C(=O)O)C(C)C. The van der Waals surface area contributed by atoms with Gasteiger partial charge in [-0.15, -0.1) is 6.58 Å². The van der Waals surface area contributed by atoms with Crippen LogP contribution >= 0.6 is 0 Å². The molecule has 2 N–H and O–H groups in total. The Morgan fingerprint density at radius 2 is 2.00 bits per heavy atom. The fraction of sp³-hybridized carbons (Fsp3) is 0.600. The van der Waals surface area contributed by atoms with E-state index in [2.05, 4.69) is 11.9 Å². The lowest BCUT2D eigenvalue weighted by atomic mass is 10.3. The van der Waals surface area contributed by atoms with Crippen molar-refractivity contribution in [1.29, 1.82) is 0 Å². The number of carboxylic acid groups (broad SMARTS) is 1. The molecule has 0 aromatic heterocycles. The van der Waals surface area contributed by atoms with Gasteiger partial charge < -0.3 is 15.3 Å². The summed E-state index contributed by atoms with van der Waals surface area (Å²) in [5, 5.41) is 11.0. The van der Waals surface area contributed by atoms with Crippen LogP contribution < -0.4 is 5.32 Å². The van der Waals surface area contributed by atoms with Crippen LogP contribution in [-0.4, -0.2) is 40.6 Å². The van der Waals surface area contributed by atoms with Crippen molar-refractivity contribution in [2.75, 3.05) is 6.54 Å². The number of carbonyl (C=O) groups is 2. The van der Waals surface area contributed by atoms with Crippen LogP contribution in [0.25, 0.3) is 0 Å². The van der Waals surface area contributed by atoms with E-state index >= 15 is 0 Å². The normalized spacial score (nSPS) is 12.0. The number of hydrogen-bond donors (Lipinski definition) is 2. The second-order valence-corrected chi connectivity index (χ2v) is 3.54. The quantitative estimate of drug-likeness (QED) is 0.672. The van der Waals surface area contributed by atoms with Gasteiger partial charge in [-0.25, -0.2) is 4.79 Å². The average molecular weight is 214 g/mol. The topological polar surface area (TPSA) is 69.6 Å². The summed E-state index contributed by atoms with van der Waals surface area (Å²) in [4.78, 5) is 23.6. The van der Waals surface area contributed by atoms with Crippen LogP contribution in [0.4, 0.5) is 4.79 Å². The molecule has 86 valence electrons.